The lowest BCUT2D eigenvalue weighted by atomic mass is 9.82. The van der Waals surface area contributed by atoms with Gasteiger partial charge in [0.2, 0.25) is 0 Å². The largest absolute Gasteiger partial charge is 0.482 e. The Kier molecular flexibility index (Phi) is 7.79. The van der Waals surface area contributed by atoms with Crippen molar-refractivity contribution in [1.82, 2.24) is 14.6 Å². The number of rotatable bonds is 6. The topological polar surface area (TPSA) is 122 Å². The maximum Gasteiger partial charge on any atom is 0.471 e. The molecule has 0 unspecified atom stereocenters. The first kappa shape index (κ1) is 28.6. The zero-order valence-electron chi connectivity index (χ0n) is 21.4. The number of hydrogen-bond donors (Lipinski definition) is 2. The quantitative estimate of drug-likeness (QED) is 0.410. The van der Waals surface area contributed by atoms with Gasteiger partial charge in [-0.2, -0.15) is 18.0 Å². The van der Waals surface area contributed by atoms with Crippen LogP contribution in [-0.4, -0.2) is 68.0 Å². The molecule has 0 saturated carbocycles. The molecule has 0 radical (unpaired) electrons. The zero-order valence-corrected chi connectivity index (χ0v) is 22.2. The summed E-state index contributed by atoms with van der Waals surface area (Å²) in [5, 5.41) is 0. The van der Waals surface area contributed by atoms with E-state index in [1.165, 1.54) is 18.2 Å². The molecule has 2 aromatic carbocycles. The Labute approximate surface area is 224 Å². The van der Waals surface area contributed by atoms with Crippen LogP contribution in [0.1, 0.15) is 48.2 Å². The van der Waals surface area contributed by atoms with Crippen molar-refractivity contribution in [2.75, 3.05) is 26.2 Å². The fourth-order valence-electron chi connectivity index (χ4n) is 4.87. The first-order chi connectivity index (χ1) is 18.3. The highest BCUT2D eigenvalue weighted by atomic mass is 32.2. The number of piperidine rings is 1. The van der Waals surface area contributed by atoms with Crippen LogP contribution >= 0.6 is 0 Å². The highest BCUT2D eigenvalue weighted by Crippen LogP contribution is 2.44. The van der Waals surface area contributed by atoms with E-state index >= 15 is 0 Å². The highest BCUT2D eigenvalue weighted by molar-refractivity contribution is 7.89. The summed E-state index contributed by atoms with van der Waals surface area (Å²) in [6, 6.07) is 11.0. The lowest BCUT2D eigenvalue weighted by Gasteiger charge is -2.43. The van der Waals surface area contributed by atoms with E-state index < -0.39 is 27.7 Å². The summed E-state index contributed by atoms with van der Waals surface area (Å²) in [5.41, 5.74) is 1.13. The van der Waals surface area contributed by atoms with Crippen LogP contribution < -0.4 is 15.4 Å². The minimum Gasteiger partial charge on any atom is -0.482 e. The first-order valence-corrected chi connectivity index (χ1v) is 13.9. The highest BCUT2D eigenvalue weighted by Gasteiger charge is 2.47. The first-order valence-electron chi connectivity index (χ1n) is 12.4. The van der Waals surface area contributed by atoms with E-state index in [2.05, 4.69) is 0 Å². The number of ether oxygens (including phenoxy) is 1. The summed E-state index contributed by atoms with van der Waals surface area (Å²) < 4.78 is 69.9. The Balaban J connectivity index is 1.75. The average molecular weight is 567 g/mol. The number of likely N-dealkylation sites (tertiary alicyclic amines) is 1. The number of nitrogens with zero attached hydrogens (tertiary/aromatic N) is 2. The van der Waals surface area contributed by atoms with E-state index in [4.69, 9.17) is 10.6 Å². The number of nitrogens with one attached hydrogen (secondary N) is 1. The van der Waals surface area contributed by atoms with Crippen molar-refractivity contribution < 1.29 is 35.9 Å². The number of carbonyl (C=O) groups excluding carboxylic acids is 2. The molecule has 0 aliphatic carbocycles. The van der Waals surface area contributed by atoms with Gasteiger partial charge in [0.15, 0.2) is 0 Å². The maximum absolute atomic E-state index is 13.0. The molecule has 0 atom stereocenters. The Morgan fingerprint density at radius 3 is 2.23 bits per heavy atom. The number of fused-ring (bicyclic) bond motifs is 1. The van der Waals surface area contributed by atoms with Crippen molar-refractivity contribution in [3.05, 3.63) is 65.2 Å². The van der Waals surface area contributed by atoms with Gasteiger partial charge in [0.1, 0.15) is 11.4 Å². The monoisotopic (exact) mass is 566 g/mol. The van der Waals surface area contributed by atoms with Crippen LogP contribution in [0.25, 0.3) is 5.57 Å². The van der Waals surface area contributed by atoms with Crippen LogP contribution in [0.2, 0.25) is 0 Å². The number of amides is 2. The smallest absolute Gasteiger partial charge is 0.471 e. The van der Waals surface area contributed by atoms with Crippen LogP contribution in [0.5, 0.6) is 5.75 Å². The van der Waals surface area contributed by atoms with Gasteiger partial charge < -0.3 is 14.5 Å². The molecule has 3 N–H and O–H groups in total. The fourth-order valence-corrected chi connectivity index (χ4v) is 5.53. The van der Waals surface area contributed by atoms with Gasteiger partial charge in [-0.3, -0.25) is 15.4 Å². The molecule has 210 valence electrons. The van der Waals surface area contributed by atoms with E-state index in [1.54, 1.807) is 40.1 Å². The molecule has 9 nitrogen and oxygen atoms in total. The van der Waals surface area contributed by atoms with Crippen molar-refractivity contribution in [3.63, 3.8) is 0 Å². The van der Waals surface area contributed by atoms with Crippen LogP contribution in [0, 0.1) is 0 Å². The molecule has 13 heteroatoms. The van der Waals surface area contributed by atoms with Crippen LogP contribution in [0.15, 0.2) is 53.4 Å². The number of benzene rings is 2. The SMILES string of the molecule is CCN(CC)C(=O)c1ccc(C2=CC3(CCN(C(=O)C(F)(F)F)CC3)Oc3ccc(S(=O)(=O)NN)cc32)cc1. The Bertz CT molecular complexity index is 1400. The van der Waals surface area contributed by atoms with Gasteiger partial charge in [-0.25, -0.2) is 8.42 Å². The van der Waals surface area contributed by atoms with Crippen molar-refractivity contribution >= 4 is 27.4 Å². The van der Waals surface area contributed by atoms with Gasteiger partial charge in [-0.1, -0.05) is 12.1 Å². The second-order valence-corrected chi connectivity index (χ2v) is 11.1. The van der Waals surface area contributed by atoms with Gasteiger partial charge in [0, 0.05) is 50.1 Å². The minimum atomic E-state index is -4.96. The van der Waals surface area contributed by atoms with E-state index in [-0.39, 0.29) is 36.7 Å². The standard InChI is InChI=1S/C26H29F3N4O5S/c1-3-32(4-2)23(34)18-7-5-17(6-8-18)21-16-25(11-13-33(14-12-25)24(35)26(27,28)29)38-22-10-9-19(15-20(21)22)39(36,37)31-30/h5-10,15-16,31H,3-4,11-14,30H2,1-2H3. The molecule has 1 spiro atoms. The summed E-state index contributed by atoms with van der Waals surface area (Å²) >= 11 is 0. The molecule has 0 bridgehead atoms. The van der Waals surface area contributed by atoms with E-state index in [9.17, 15) is 31.2 Å². The van der Waals surface area contributed by atoms with Crippen LogP contribution in [-0.2, 0) is 14.8 Å². The van der Waals surface area contributed by atoms with E-state index in [0.29, 0.717) is 41.1 Å². The molecule has 2 aliphatic heterocycles. The number of hydrazine groups is 1. The molecule has 1 saturated heterocycles. The van der Waals surface area contributed by atoms with Crippen molar-refractivity contribution in [1.29, 1.82) is 0 Å². The number of sulfonamides is 1. The number of alkyl halides is 3. The predicted octanol–water partition coefficient (Wildman–Crippen LogP) is 3.07. The van der Waals surface area contributed by atoms with Gasteiger partial charge in [-0.15, -0.1) is 0 Å². The van der Waals surface area contributed by atoms with Gasteiger partial charge in [0.25, 0.3) is 15.9 Å². The zero-order chi connectivity index (χ0) is 28.6. The summed E-state index contributed by atoms with van der Waals surface area (Å²) in [4.78, 5) is 28.6. The normalized spacial score (nSPS) is 16.8. The minimum absolute atomic E-state index is 0.0979. The third kappa shape index (κ3) is 5.65. The molecule has 2 heterocycles. The van der Waals surface area contributed by atoms with Gasteiger partial charge in [-0.05, 0) is 61.4 Å². The number of carbonyl (C=O) groups is 2. The fraction of sp³-hybridized carbons (Fsp3) is 0.385. The molecule has 4 rings (SSSR count). The van der Waals surface area contributed by atoms with E-state index in [0.717, 1.165) is 4.90 Å². The molecule has 2 aliphatic rings. The molecular weight excluding hydrogens is 537 g/mol. The predicted molar refractivity (Wildman–Crippen MR) is 137 cm³/mol. The Morgan fingerprint density at radius 1 is 1.08 bits per heavy atom. The molecule has 0 aromatic heterocycles. The number of nitrogens with two attached hydrogens (primary N) is 1. The third-order valence-corrected chi connectivity index (χ3v) is 8.25. The second kappa shape index (κ2) is 10.6. The third-order valence-electron chi connectivity index (χ3n) is 7.06. The molecule has 2 amide bonds. The lowest BCUT2D eigenvalue weighted by molar-refractivity contribution is -0.187. The average Bonchev–Trinajstić information content (AvgIpc) is 2.92. The number of halogens is 3. The van der Waals surface area contributed by atoms with Crippen LogP contribution in [0.4, 0.5) is 13.2 Å². The molecule has 2 aromatic rings. The summed E-state index contributed by atoms with van der Waals surface area (Å²) in [6.07, 6.45) is -3.01. The number of hydrogen-bond acceptors (Lipinski definition) is 6. The lowest BCUT2D eigenvalue weighted by Crippen LogP contribution is -2.52. The van der Waals surface area contributed by atoms with Gasteiger partial charge >= 0.3 is 12.1 Å². The Morgan fingerprint density at radius 2 is 1.69 bits per heavy atom. The molecule has 1 fully saturated rings. The summed E-state index contributed by atoms with van der Waals surface area (Å²) in [5.74, 6) is 3.51. The van der Waals surface area contributed by atoms with Crippen molar-refractivity contribution in [3.8, 4) is 5.75 Å². The van der Waals surface area contributed by atoms with Crippen molar-refractivity contribution in [2.45, 2.75) is 43.4 Å². The second-order valence-electron chi connectivity index (χ2n) is 9.35. The summed E-state index contributed by atoms with van der Waals surface area (Å²) in [7, 11) is -3.99. The Hall–Kier alpha value is -3.42. The van der Waals surface area contributed by atoms with Gasteiger partial charge in [0.05, 0.1) is 4.90 Å². The van der Waals surface area contributed by atoms with Crippen LogP contribution in [0.3, 0.4) is 0 Å². The molecular formula is C26H29F3N4O5S. The van der Waals surface area contributed by atoms with E-state index in [1.807, 2.05) is 13.8 Å². The molecule has 39 heavy (non-hydrogen) atoms. The van der Waals surface area contributed by atoms with Crippen molar-refractivity contribution in [2.24, 2.45) is 5.84 Å². The summed E-state index contributed by atoms with van der Waals surface area (Å²) in [6.45, 7) is 4.53. The maximum atomic E-state index is 13.0.